The summed E-state index contributed by atoms with van der Waals surface area (Å²) >= 11 is 0. The lowest BCUT2D eigenvalue weighted by Crippen LogP contribution is -2.70. The van der Waals surface area contributed by atoms with Crippen molar-refractivity contribution < 1.29 is 52.8 Å². The fourth-order valence-electron chi connectivity index (χ4n) is 9.23. The lowest BCUT2D eigenvalue weighted by molar-refractivity contribution is -0.757. The summed E-state index contributed by atoms with van der Waals surface area (Å²) in [6.45, 7) is 6.29. The summed E-state index contributed by atoms with van der Waals surface area (Å²) in [5, 5.41) is 23.6. The Kier molecular flexibility index (Phi) is 9.45. The van der Waals surface area contributed by atoms with Crippen LogP contribution in [-0.2, 0) is 38.2 Å². The molecule has 0 spiro atoms. The molecule has 0 aromatic carbocycles. The molecule has 1 saturated heterocycles. The SMILES string of the molecule is CC1(C)O[C@@H]2C[C@H]3[C@@H]4CCC5=CC(=O)C=C[C@]5(C)[C@@]4(F)[C@@H](O)C[C@]3(C)[C@]2(C(=O)COC(=O)CCNC(=O)CCCCCO[N+](=O)[O-])O1. The molecule has 0 aromatic heterocycles. The highest BCUT2D eigenvalue weighted by molar-refractivity contribution is 6.01. The van der Waals surface area contributed by atoms with Gasteiger partial charge in [-0.1, -0.05) is 25.0 Å². The first-order valence-corrected chi connectivity index (χ1v) is 16.4. The first-order chi connectivity index (χ1) is 22.0. The zero-order chi connectivity index (χ0) is 34.4. The molecule has 4 aliphatic carbocycles. The number of alkyl halides is 1. The molecule has 4 fully saturated rings. The summed E-state index contributed by atoms with van der Waals surface area (Å²) in [5.74, 6) is -3.93. The number of nitrogens with one attached hydrogen (secondary N) is 1. The quantitative estimate of drug-likeness (QED) is 0.128. The Morgan fingerprint density at radius 3 is 2.62 bits per heavy atom. The van der Waals surface area contributed by atoms with Crippen molar-refractivity contribution in [2.24, 2.45) is 22.7 Å². The molecule has 260 valence electrons. The van der Waals surface area contributed by atoms with Gasteiger partial charge in [-0.15, -0.1) is 10.1 Å². The third kappa shape index (κ3) is 5.90. The van der Waals surface area contributed by atoms with Crippen LogP contribution in [0.3, 0.4) is 0 Å². The molecule has 14 heteroatoms. The number of unbranched alkanes of at least 4 members (excludes halogenated alkanes) is 2. The second kappa shape index (κ2) is 12.7. The van der Waals surface area contributed by atoms with E-state index in [0.29, 0.717) is 44.1 Å². The van der Waals surface area contributed by atoms with Crippen LogP contribution in [0.15, 0.2) is 23.8 Å². The summed E-state index contributed by atoms with van der Waals surface area (Å²) < 4.78 is 35.6. The Morgan fingerprint density at radius 2 is 1.89 bits per heavy atom. The maximum absolute atomic E-state index is 17.5. The number of hydrogen-bond acceptors (Lipinski definition) is 11. The third-order valence-corrected chi connectivity index (χ3v) is 11.3. The van der Waals surface area contributed by atoms with E-state index in [9.17, 15) is 34.4 Å². The van der Waals surface area contributed by atoms with Gasteiger partial charge in [-0.25, -0.2) is 4.39 Å². The van der Waals surface area contributed by atoms with Gasteiger partial charge in [-0.2, -0.15) is 0 Å². The smallest absolute Gasteiger partial charge is 0.308 e. The number of Topliss-reactive ketones (excluding diaryl/α,β-unsaturated/α-hetero) is 1. The number of allylic oxidation sites excluding steroid dienone is 4. The normalized spacial score (nSPS) is 37.9. The van der Waals surface area contributed by atoms with Gasteiger partial charge in [0.1, 0.15) is 0 Å². The maximum atomic E-state index is 17.5. The zero-order valence-corrected chi connectivity index (χ0v) is 27.4. The van der Waals surface area contributed by atoms with Crippen LogP contribution in [0, 0.1) is 32.8 Å². The van der Waals surface area contributed by atoms with Crippen molar-refractivity contribution in [3.63, 3.8) is 0 Å². The van der Waals surface area contributed by atoms with E-state index >= 15 is 4.39 Å². The number of hydrogen-bond donors (Lipinski definition) is 2. The minimum atomic E-state index is -2.08. The molecule has 0 unspecified atom stereocenters. The van der Waals surface area contributed by atoms with Crippen molar-refractivity contribution in [3.05, 3.63) is 33.9 Å². The molecule has 1 aliphatic heterocycles. The second-order valence-corrected chi connectivity index (χ2v) is 14.4. The van der Waals surface area contributed by atoms with Gasteiger partial charge in [-0.3, -0.25) is 19.2 Å². The standard InChI is InChI=1S/C33H45FN2O11/c1-29(2)46-26-17-23-22-10-9-20-16-21(37)11-13-30(20,3)32(22,34)24(38)18-31(23,4)33(26,47-29)25(39)19-44-28(41)12-14-35-27(40)8-6-5-7-15-45-36(42)43/h11,13,16,22-24,26,38H,5-10,12,14-15,17-19H2,1-4H3,(H,35,40)/t22-,23-,24-,26+,30-,31-,32-,33+/m0/s1. The van der Waals surface area contributed by atoms with E-state index in [1.165, 1.54) is 12.2 Å². The molecule has 8 atom stereocenters. The lowest BCUT2D eigenvalue weighted by atomic mass is 9.44. The second-order valence-electron chi connectivity index (χ2n) is 14.4. The van der Waals surface area contributed by atoms with Crippen molar-refractivity contribution in [3.8, 4) is 0 Å². The zero-order valence-electron chi connectivity index (χ0n) is 27.4. The number of aliphatic hydroxyl groups excluding tert-OH is 1. The Morgan fingerprint density at radius 1 is 1.15 bits per heavy atom. The fraction of sp³-hybridized carbons (Fsp3) is 0.758. The first-order valence-electron chi connectivity index (χ1n) is 16.4. The van der Waals surface area contributed by atoms with Gasteiger partial charge in [-0.05, 0) is 77.4 Å². The van der Waals surface area contributed by atoms with Crippen molar-refractivity contribution >= 4 is 23.4 Å². The molecule has 0 aromatic rings. The number of ketones is 2. The van der Waals surface area contributed by atoms with E-state index < -0.39 is 75.4 Å². The van der Waals surface area contributed by atoms with Gasteiger partial charge in [0, 0.05) is 29.7 Å². The van der Waals surface area contributed by atoms with Crippen LogP contribution in [0.1, 0.15) is 85.5 Å². The summed E-state index contributed by atoms with van der Waals surface area (Å²) in [6, 6.07) is 0. The van der Waals surface area contributed by atoms with E-state index in [1.54, 1.807) is 26.8 Å². The summed E-state index contributed by atoms with van der Waals surface area (Å²) in [6.07, 6.45) is 4.77. The number of nitrogens with zero attached hydrogens (tertiary/aromatic N) is 1. The molecule has 0 bridgehead atoms. The van der Waals surface area contributed by atoms with Crippen LogP contribution >= 0.6 is 0 Å². The molecule has 3 saturated carbocycles. The number of rotatable bonds is 13. The van der Waals surface area contributed by atoms with E-state index in [1.807, 2.05) is 6.92 Å². The number of aliphatic hydroxyl groups is 1. The lowest BCUT2D eigenvalue weighted by Gasteiger charge is -2.62. The predicted molar refractivity (Wildman–Crippen MR) is 162 cm³/mol. The van der Waals surface area contributed by atoms with Crippen LogP contribution in [-0.4, -0.2) is 82.7 Å². The number of carbonyl (C=O) groups excluding carboxylic acids is 4. The van der Waals surface area contributed by atoms with Crippen LogP contribution in [0.5, 0.6) is 0 Å². The summed E-state index contributed by atoms with van der Waals surface area (Å²) in [5.41, 5.74) is -5.26. The summed E-state index contributed by atoms with van der Waals surface area (Å²) in [4.78, 5) is 65.3. The fourth-order valence-corrected chi connectivity index (χ4v) is 9.23. The van der Waals surface area contributed by atoms with Gasteiger partial charge in [0.25, 0.3) is 5.09 Å². The van der Waals surface area contributed by atoms with Crippen molar-refractivity contribution in [1.82, 2.24) is 5.32 Å². The molecule has 0 radical (unpaired) electrons. The Balaban J connectivity index is 1.22. The van der Waals surface area contributed by atoms with Crippen LogP contribution in [0.4, 0.5) is 4.39 Å². The monoisotopic (exact) mass is 664 g/mol. The molecule has 1 heterocycles. The van der Waals surface area contributed by atoms with Crippen molar-refractivity contribution in [2.75, 3.05) is 19.8 Å². The van der Waals surface area contributed by atoms with Gasteiger partial charge >= 0.3 is 5.97 Å². The van der Waals surface area contributed by atoms with Gasteiger partial charge in [0.05, 0.1) is 25.2 Å². The highest BCUT2D eigenvalue weighted by Gasteiger charge is 2.80. The Bertz CT molecular complexity index is 1380. The van der Waals surface area contributed by atoms with Gasteiger partial charge < -0.3 is 29.5 Å². The molecular formula is C33H45FN2O11. The number of halogens is 1. The minimum absolute atomic E-state index is 0.00179. The number of amides is 1. The molecule has 47 heavy (non-hydrogen) atoms. The van der Waals surface area contributed by atoms with E-state index in [2.05, 4.69) is 10.2 Å². The third-order valence-electron chi connectivity index (χ3n) is 11.3. The molecule has 2 N–H and O–H groups in total. The average Bonchev–Trinajstić information content (AvgIpc) is 3.40. The molecule has 13 nitrogen and oxygen atoms in total. The summed E-state index contributed by atoms with van der Waals surface area (Å²) in [7, 11) is 0. The molecule has 1 amide bonds. The van der Waals surface area contributed by atoms with Crippen LogP contribution in [0.25, 0.3) is 0 Å². The van der Waals surface area contributed by atoms with Gasteiger partial charge in [0.2, 0.25) is 11.7 Å². The molecular weight excluding hydrogens is 619 g/mol. The number of esters is 1. The van der Waals surface area contributed by atoms with E-state index in [4.69, 9.17) is 14.2 Å². The largest absolute Gasteiger partial charge is 0.457 e. The number of ether oxygens (including phenoxy) is 3. The van der Waals surface area contributed by atoms with E-state index in [0.717, 1.165) is 0 Å². The highest BCUT2D eigenvalue weighted by Crippen LogP contribution is 2.72. The number of fused-ring (bicyclic) bond motifs is 7. The first kappa shape index (κ1) is 35.1. The number of carbonyl (C=O) groups is 4. The predicted octanol–water partition coefficient (Wildman–Crippen LogP) is 3.24. The van der Waals surface area contributed by atoms with Crippen LogP contribution in [0.2, 0.25) is 0 Å². The highest BCUT2D eigenvalue weighted by atomic mass is 19.1. The topological polar surface area (TPSA) is 181 Å². The average molecular weight is 665 g/mol. The van der Waals surface area contributed by atoms with E-state index in [-0.39, 0.29) is 44.1 Å². The van der Waals surface area contributed by atoms with Crippen molar-refractivity contribution in [2.45, 2.75) is 115 Å². The Hall–Kier alpha value is -3.23. The van der Waals surface area contributed by atoms with Crippen molar-refractivity contribution in [1.29, 1.82) is 0 Å². The molecule has 5 rings (SSSR count). The molecule has 5 aliphatic rings. The van der Waals surface area contributed by atoms with Gasteiger partial charge in [0.15, 0.2) is 29.4 Å². The Labute approximate surface area is 272 Å². The minimum Gasteiger partial charge on any atom is -0.457 e. The maximum Gasteiger partial charge on any atom is 0.308 e. The van der Waals surface area contributed by atoms with Crippen LogP contribution < -0.4 is 5.32 Å².